The highest BCUT2D eigenvalue weighted by molar-refractivity contribution is 7.92. The fourth-order valence-electron chi connectivity index (χ4n) is 2.98. The summed E-state index contributed by atoms with van der Waals surface area (Å²) >= 11 is 0. The van der Waals surface area contributed by atoms with Crippen molar-refractivity contribution in [2.24, 2.45) is 0 Å². The molecule has 4 rings (SSSR count). The number of aromatic nitrogens is 2. The number of ether oxygens (including phenoxy) is 1. The fourth-order valence-corrected chi connectivity index (χ4v) is 4.51. The Morgan fingerprint density at radius 3 is 1.97 bits per heavy atom. The van der Waals surface area contributed by atoms with Crippen molar-refractivity contribution in [3.63, 3.8) is 0 Å². The van der Waals surface area contributed by atoms with E-state index in [1.165, 1.54) is 12.1 Å². The van der Waals surface area contributed by atoms with E-state index in [-0.39, 0.29) is 16.7 Å². The number of hydrogen-bond acceptors (Lipinski definition) is 7. The Morgan fingerprint density at radius 2 is 1.35 bits per heavy atom. The van der Waals surface area contributed by atoms with Crippen LogP contribution in [0.25, 0.3) is 11.3 Å². The van der Waals surface area contributed by atoms with E-state index >= 15 is 0 Å². The summed E-state index contributed by atoms with van der Waals surface area (Å²) in [4.78, 5) is 8.62. The van der Waals surface area contributed by atoms with Gasteiger partial charge in [0.15, 0.2) is 0 Å². The average Bonchev–Trinajstić information content (AvgIpc) is 2.79. The Bertz CT molecular complexity index is 1490. The topological polar surface area (TPSA) is 127 Å². The van der Waals surface area contributed by atoms with Gasteiger partial charge >= 0.3 is 0 Å². The number of rotatable bonds is 8. The molecule has 0 aliphatic carbocycles. The second-order valence-corrected chi connectivity index (χ2v) is 10.6. The number of anilines is 2. The molecule has 0 saturated heterocycles. The zero-order chi connectivity index (χ0) is 24.2. The average molecular weight is 497 g/mol. The van der Waals surface area contributed by atoms with Crippen molar-refractivity contribution < 1.29 is 21.6 Å². The number of nitrogens with zero attached hydrogens (tertiary/aromatic N) is 2. The van der Waals surface area contributed by atoms with E-state index in [9.17, 15) is 16.8 Å². The Morgan fingerprint density at radius 1 is 0.735 bits per heavy atom. The van der Waals surface area contributed by atoms with Gasteiger partial charge in [0.2, 0.25) is 21.9 Å². The third-order valence-corrected chi connectivity index (χ3v) is 6.38. The predicted molar refractivity (Wildman–Crippen MR) is 130 cm³/mol. The first-order valence-electron chi connectivity index (χ1n) is 9.96. The third kappa shape index (κ3) is 6.09. The van der Waals surface area contributed by atoms with Gasteiger partial charge in [0.1, 0.15) is 5.75 Å². The molecule has 4 aromatic rings. The number of benzene rings is 3. The van der Waals surface area contributed by atoms with Gasteiger partial charge < -0.3 is 4.74 Å². The molecular formula is C23H20N4O5S2. The van der Waals surface area contributed by atoms with E-state index in [1.807, 2.05) is 6.07 Å². The lowest BCUT2D eigenvalue weighted by molar-refractivity contribution is 0.463. The zero-order valence-corrected chi connectivity index (χ0v) is 19.5. The molecule has 3 aromatic carbocycles. The zero-order valence-electron chi connectivity index (χ0n) is 17.9. The minimum Gasteiger partial charge on any atom is -0.439 e. The van der Waals surface area contributed by atoms with Crippen molar-refractivity contribution in [3.8, 4) is 22.9 Å². The van der Waals surface area contributed by atoms with Crippen LogP contribution in [0.1, 0.15) is 0 Å². The minimum absolute atomic E-state index is 0.0609. The highest BCUT2D eigenvalue weighted by atomic mass is 32.2. The van der Waals surface area contributed by atoms with Gasteiger partial charge in [-0.05, 0) is 36.4 Å². The lowest BCUT2D eigenvalue weighted by atomic mass is 10.1. The second kappa shape index (κ2) is 9.49. The Hall–Kier alpha value is -3.96. The molecule has 0 atom stereocenters. The van der Waals surface area contributed by atoms with E-state index < -0.39 is 20.0 Å². The molecular weight excluding hydrogens is 476 g/mol. The van der Waals surface area contributed by atoms with Gasteiger partial charge in [-0.25, -0.2) is 26.5 Å². The molecule has 0 saturated carbocycles. The van der Waals surface area contributed by atoms with Crippen LogP contribution in [0.2, 0.25) is 0 Å². The molecule has 1 heterocycles. The lowest BCUT2D eigenvalue weighted by Crippen LogP contribution is -2.15. The van der Waals surface area contributed by atoms with E-state index in [1.54, 1.807) is 72.8 Å². The minimum atomic E-state index is -3.94. The summed E-state index contributed by atoms with van der Waals surface area (Å²) in [5.41, 5.74) is 1.35. The van der Waals surface area contributed by atoms with Crippen molar-refractivity contribution in [2.75, 3.05) is 15.7 Å². The van der Waals surface area contributed by atoms with E-state index in [0.29, 0.717) is 22.7 Å². The molecule has 0 aliphatic rings. The molecule has 2 N–H and O–H groups in total. The standard InChI is InChI=1S/C23H20N4O5S2/c1-33(28,29)26-18-14-12-17(13-15-18)21-16-22(32-19-8-4-2-5-9-19)25-23(24-21)27-34(30,31)20-10-6-3-7-11-20/h2-16,26H,1H3,(H,24,25,27). The summed E-state index contributed by atoms with van der Waals surface area (Å²) in [6, 6.07) is 24.8. The number of sulfonamides is 2. The van der Waals surface area contributed by atoms with Gasteiger partial charge in [-0.3, -0.25) is 4.72 Å². The van der Waals surface area contributed by atoms with Crippen molar-refractivity contribution in [3.05, 3.63) is 91.0 Å². The van der Waals surface area contributed by atoms with Gasteiger partial charge in [-0.2, -0.15) is 4.98 Å². The molecule has 9 nitrogen and oxygen atoms in total. The number of hydrogen-bond donors (Lipinski definition) is 2. The quantitative estimate of drug-likeness (QED) is 0.376. The molecule has 0 unspecified atom stereocenters. The van der Waals surface area contributed by atoms with Gasteiger partial charge in [-0.15, -0.1) is 0 Å². The molecule has 0 radical (unpaired) electrons. The van der Waals surface area contributed by atoms with Crippen molar-refractivity contribution in [1.82, 2.24) is 9.97 Å². The van der Waals surface area contributed by atoms with Gasteiger partial charge in [0.25, 0.3) is 10.0 Å². The summed E-state index contributed by atoms with van der Waals surface area (Å²) in [5, 5.41) is 0. The molecule has 0 fully saturated rings. The summed E-state index contributed by atoms with van der Waals surface area (Å²) in [6.07, 6.45) is 1.06. The number of nitrogens with one attached hydrogen (secondary N) is 2. The van der Waals surface area contributed by atoms with Crippen LogP contribution in [-0.4, -0.2) is 33.1 Å². The fraction of sp³-hybridized carbons (Fsp3) is 0.0435. The first kappa shape index (κ1) is 23.2. The Balaban J connectivity index is 1.71. The maximum atomic E-state index is 12.8. The molecule has 0 aliphatic heterocycles. The summed E-state index contributed by atoms with van der Waals surface area (Å²) in [6.45, 7) is 0. The van der Waals surface area contributed by atoms with Crippen molar-refractivity contribution in [2.45, 2.75) is 4.90 Å². The molecule has 0 bridgehead atoms. The van der Waals surface area contributed by atoms with Crippen LogP contribution in [-0.2, 0) is 20.0 Å². The largest absolute Gasteiger partial charge is 0.439 e. The van der Waals surface area contributed by atoms with Crippen molar-refractivity contribution >= 4 is 31.7 Å². The Labute approximate surface area is 197 Å². The maximum Gasteiger partial charge on any atom is 0.264 e. The normalized spacial score (nSPS) is 11.6. The highest BCUT2D eigenvalue weighted by Crippen LogP contribution is 2.28. The number of para-hydroxylation sites is 1. The van der Waals surface area contributed by atoms with E-state index in [2.05, 4.69) is 19.4 Å². The molecule has 0 amide bonds. The van der Waals surface area contributed by atoms with Crippen LogP contribution in [0, 0.1) is 0 Å². The third-order valence-electron chi connectivity index (χ3n) is 4.43. The van der Waals surface area contributed by atoms with Gasteiger partial charge in [-0.1, -0.05) is 48.5 Å². The Kier molecular flexibility index (Phi) is 6.48. The smallest absolute Gasteiger partial charge is 0.264 e. The van der Waals surface area contributed by atoms with Gasteiger partial charge in [0.05, 0.1) is 16.8 Å². The molecule has 11 heteroatoms. The monoisotopic (exact) mass is 496 g/mol. The van der Waals surface area contributed by atoms with E-state index in [4.69, 9.17) is 4.74 Å². The maximum absolute atomic E-state index is 12.8. The first-order valence-corrected chi connectivity index (χ1v) is 13.3. The molecule has 1 aromatic heterocycles. The van der Waals surface area contributed by atoms with Crippen LogP contribution in [0.3, 0.4) is 0 Å². The summed E-state index contributed by atoms with van der Waals surface area (Å²) in [7, 11) is -7.36. The lowest BCUT2D eigenvalue weighted by Gasteiger charge is -2.12. The molecule has 34 heavy (non-hydrogen) atoms. The van der Waals surface area contributed by atoms with Crippen LogP contribution in [0.5, 0.6) is 11.6 Å². The van der Waals surface area contributed by atoms with Crippen molar-refractivity contribution in [1.29, 1.82) is 0 Å². The van der Waals surface area contributed by atoms with Crippen LogP contribution in [0.4, 0.5) is 11.6 Å². The van der Waals surface area contributed by atoms with Crippen LogP contribution < -0.4 is 14.2 Å². The van der Waals surface area contributed by atoms with Gasteiger partial charge in [0, 0.05) is 17.3 Å². The molecule has 174 valence electrons. The molecule has 0 spiro atoms. The highest BCUT2D eigenvalue weighted by Gasteiger charge is 2.17. The van der Waals surface area contributed by atoms with Crippen LogP contribution in [0.15, 0.2) is 95.9 Å². The van der Waals surface area contributed by atoms with Crippen LogP contribution >= 0.6 is 0 Å². The SMILES string of the molecule is CS(=O)(=O)Nc1ccc(-c2cc(Oc3ccccc3)nc(NS(=O)(=O)c3ccccc3)n2)cc1. The summed E-state index contributed by atoms with van der Waals surface area (Å²) in [5.74, 6) is 0.461. The predicted octanol–water partition coefficient (Wildman–Crippen LogP) is 4.11. The van der Waals surface area contributed by atoms with E-state index in [0.717, 1.165) is 6.26 Å². The first-order chi connectivity index (χ1) is 16.2. The summed E-state index contributed by atoms with van der Waals surface area (Å²) < 4.78 is 59.1. The second-order valence-electron chi connectivity index (χ2n) is 7.20.